The van der Waals surface area contributed by atoms with Crippen molar-refractivity contribution >= 4 is 32.0 Å². The second-order valence-corrected chi connectivity index (χ2v) is 14.4. The molecule has 2 fully saturated rings. The lowest BCUT2D eigenvalue weighted by atomic mass is 9.85. The molecule has 1 aliphatic carbocycles. The van der Waals surface area contributed by atoms with Gasteiger partial charge in [0.2, 0.25) is 0 Å². The summed E-state index contributed by atoms with van der Waals surface area (Å²) in [5.41, 5.74) is -1.84. The number of carbonyl (C=O) groups excluding carboxylic acids is 1. The third-order valence-electron chi connectivity index (χ3n) is 8.16. The summed E-state index contributed by atoms with van der Waals surface area (Å²) in [5, 5.41) is 4.43. The minimum atomic E-state index is -4.30. The molecule has 0 unspecified atom stereocenters. The summed E-state index contributed by atoms with van der Waals surface area (Å²) >= 11 is 0. The van der Waals surface area contributed by atoms with Gasteiger partial charge < -0.3 is 9.64 Å². The number of sulfonamides is 1. The molecule has 1 saturated carbocycles. The molecule has 1 saturated heterocycles. The van der Waals surface area contributed by atoms with E-state index in [0.717, 1.165) is 6.42 Å². The molecule has 0 bridgehead atoms. The lowest BCUT2D eigenvalue weighted by molar-refractivity contribution is -0.202. The molecule has 3 heterocycles. The Balaban J connectivity index is 1.43. The van der Waals surface area contributed by atoms with Gasteiger partial charge in [-0.25, -0.2) is 22.8 Å². The number of benzene rings is 1. The van der Waals surface area contributed by atoms with Crippen molar-refractivity contribution in [3.8, 4) is 5.82 Å². The van der Waals surface area contributed by atoms with Crippen LogP contribution in [0, 0.1) is 10.8 Å². The molecule has 2 aromatic heterocycles. The number of alkyl halides is 3. The summed E-state index contributed by atoms with van der Waals surface area (Å²) in [6, 6.07) is 13.0. The zero-order valence-corrected chi connectivity index (χ0v) is 25.9. The molecule has 3 radical (unpaired) electrons. The fraction of sp³-hybridized carbons (Fsp3) is 0.483. The normalized spacial score (nSPS) is 21.1. The lowest BCUT2D eigenvalue weighted by Gasteiger charge is -2.34. The highest BCUT2D eigenvalue weighted by Crippen LogP contribution is 2.57. The molecule has 43 heavy (non-hydrogen) atoms. The summed E-state index contributed by atoms with van der Waals surface area (Å²) < 4.78 is 74.6. The van der Waals surface area contributed by atoms with Gasteiger partial charge in [-0.2, -0.15) is 18.3 Å². The summed E-state index contributed by atoms with van der Waals surface area (Å²) in [6.07, 6.45) is -1.79. The van der Waals surface area contributed by atoms with Crippen molar-refractivity contribution in [3.63, 3.8) is 0 Å². The molecule has 1 atom stereocenters. The van der Waals surface area contributed by atoms with Crippen LogP contribution in [0.25, 0.3) is 5.82 Å². The lowest BCUT2D eigenvalue weighted by Crippen LogP contribution is -2.41. The molecular weight excluding hydrogens is 599 g/mol. The Bertz CT molecular complexity index is 1610. The first-order valence-electron chi connectivity index (χ1n) is 13.8. The van der Waals surface area contributed by atoms with Crippen LogP contribution in [0.2, 0.25) is 6.04 Å². The van der Waals surface area contributed by atoms with Gasteiger partial charge >= 0.3 is 6.18 Å². The number of hydrogen-bond acceptors (Lipinski definition) is 7. The molecular formula is C29H33F3N5O4SSi. The van der Waals surface area contributed by atoms with Gasteiger partial charge in [-0.05, 0) is 68.9 Å². The summed E-state index contributed by atoms with van der Waals surface area (Å²) in [6.45, 7) is 6.22. The molecule has 2 aliphatic rings. The van der Waals surface area contributed by atoms with Crippen LogP contribution in [-0.4, -0.2) is 64.2 Å². The highest BCUT2D eigenvalue weighted by Gasteiger charge is 2.63. The van der Waals surface area contributed by atoms with Crippen LogP contribution in [0.15, 0.2) is 59.6 Å². The van der Waals surface area contributed by atoms with Gasteiger partial charge in [0.05, 0.1) is 34.8 Å². The predicted molar refractivity (Wildman–Crippen MR) is 155 cm³/mol. The number of ether oxygens (including phenoxy) is 1. The fourth-order valence-electron chi connectivity index (χ4n) is 5.63. The van der Waals surface area contributed by atoms with E-state index < -0.39 is 39.7 Å². The van der Waals surface area contributed by atoms with E-state index >= 15 is 0 Å². The van der Waals surface area contributed by atoms with Gasteiger partial charge in [-0.3, -0.25) is 4.79 Å². The number of pyridine rings is 1. The van der Waals surface area contributed by atoms with E-state index in [4.69, 9.17) is 9.72 Å². The largest absolute Gasteiger partial charge is 0.396 e. The molecule has 5 rings (SSSR count). The molecule has 14 heteroatoms. The second-order valence-electron chi connectivity index (χ2n) is 12.4. The number of nitrogens with zero attached hydrogens (tertiary/aromatic N) is 4. The average Bonchev–Trinajstić information content (AvgIpc) is 3.52. The molecule has 1 amide bonds. The number of rotatable bonds is 10. The highest BCUT2D eigenvalue weighted by molar-refractivity contribution is 7.90. The highest BCUT2D eigenvalue weighted by atomic mass is 32.2. The molecule has 3 aromatic rings. The number of aromatic nitrogens is 3. The van der Waals surface area contributed by atoms with Gasteiger partial charge in [0.1, 0.15) is 5.82 Å². The molecule has 1 N–H and O–H groups in total. The standard InChI is InChI=1S/C29H33F3N5O4SSi/c1-26(2)16-27(3,19-43)17-36(26)24-22(25(38)35-42(39,40)21-7-5-4-6-8-21)9-10-23(33-24)37-14-11-20(34-37)15-41-18-28(12-13-28)29(30,31)32/h4-11,14H,12-13,15-19H2,1-3H3,(H,35,38)/t27-/m0/s1. The van der Waals surface area contributed by atoms with Crippen molar-refractivity contribution in [2.45, 2.75) is 69.3 Å². The molecule has 0 spiro atoms. The first kappa shape index (κ1) is 31.2. The SMILES string of the molecule is CC1(C)C[C@](C)(C[Si])CN1c1nc(-n2ccc(COCC3(C(F)(F)F)CC3)n2)ccc1C(=O)NS(=O)(=O)c1ccccc1. The quantitative estimate of drug-likeness (QED) is 0.319. The van der Waals surface area contributed by atoms with E-state index in [1.807, 2.05) is 18.7 Å². The van der Waals surface area contributed by atoms with E-state index in [1.54, 1.807) is 36.5 Å². The Morgan fingerprint density at radius 3 is 2.40 bits per heavy atom. The minimum Gasteiger partial charge on any atom is -0.374 e. The van der Waals surface area contributed by atoms with Gasteiger partial charge in [-0.15, -0.1) is 0 Å². The first-order chi connectivity index (χ1) is 20.1. The van der Waals surface area contributed by atoms with Gasteiger partial charge in [0.25, 0.3) is 15.9 Å². The van der Waals surface area contributed by atoms with Crippen molar-refractivity contribution in [1.82, 2.24) is 19.5 Å². The number of amides is 1. The molecule has 1 aromatic carbocycles. The maximum absolute atomic E-state index is 13.5. The van der Waals surface area contributed by atoms with E-state index in [2.05, 4.69) is 27.0 Å². The molecule has 1 aliphatic heterocycles. The fourth-order valence-corrected chi connectivity index (χ4v) is 6.86. The van der Waals surface area contributed by atoms with Crippen LogP contribution in [-0.2, 0) is 21.4 Å². The number of carbonyl (C=O) groups is 1. The van der Waals surface area contributed by atoms with E-state index in [0.29, 0.717) is 29.9 Å². The topological polar surface area (TPSA) is 106 Å². The number of anilines is 1. The monoisotopic (exact) mass is 632 g/mol. The van der Waals surface area contributed by atoms with Crippen molar-refractivity contribution in [2.75, 3.05) is 18.1 Å². The zero-order valence-electron chi connectivity index (χ0n) is 24.1. The van der Waals surface area contributed by atoms with Crippen molar-refractivity contribution in [1.29, 1.82) is 0 Å². The Kier molecular flexibility index (Phi) is 8.01. The maximum Gasteiger partial charge on any atom is 0.396 e. The zero-order chi connectivity index (χ0) is 31.3. The summed E-state index contributed by atoms with van der Waals surface area (Å²) in [7, 11) is -0.483. The number of halogens is 3. The first-order valence-corrected chi connectivity index (χ1v) is 16.0. The van der Waals surface area contributed by atoms with Gasteiger partial charge in [-0.1, -0.05) is 31.2 Å². The van der Waals surface area contributed by atoms with Crippen LogP contribution in [0.5, 0.6) is 0 Å². The van der Waals surface area contributed by atoms with Gasteiger partial charge in [0, 0.05) is 28.5 Å². The Morgan fingerprint density at radius 2 is 1.79 bits per heavy atom. The van der Waals surface area contributed by atoms with E-state index in [-0.39, 0.29) is 35.3 Å². The smallest absolute Gasteiger partial charge is 0.374 e. The Morgan fingerprint density at radius 1 is 1.09 bits per heavy atom. The Hall–Kier alpha value is -3.23. The van der Waals surface area contributed by atoms with E-state index in [1.165, 1.54) is 22.9 Å². The van der Waals surface area contributed by atoms with Crippen LogP contribution < -0.4 is 9.62 Å². The molecule has 229 valence electrons. The second kappa shape index (κ2) is 11.0. The van der Waals surface area contributed by atoms with Gasteiger partial charge in [0.15, 0.2) is 5.82 Å². The maximum atomic E-state index is 13.5. The minimum absolute atomic E-state index is 0.0447. The molecule has 9 nitrogen and oxygen atoms in total. The third-order valence-corrected chi connectivity index (χ3v) is 10.4. The number of nitrogens with one attached hydrogen (secondary N) is 1. The van der Waals surface area contributed by atoms with Crippen LogP contribution in [0.4, 0.5) is 19.0 Å². The van der Waals surface area contributed by atoms with Crippen molar-refractivity contribution in [2.24, 2.45) is 10.8 Å². The third kappa shape index (κ3) is 6.36. The Labute approximate surface area is 252 Å². The van der Waals surface area contributed by atoms with Crippen molar-refractivity contribution < 1.29 is 31.1 Å². The predicted octanol–water partition coefficient (Wildman–Crippen LogP) is 4.83. The van der Waals surface area contributed by atoms with Crippen molar-refractivity contribution in [3.05, 3.63) is 66.0 Å². The van der Waals surface area contributed by atoms with E-state index in [9.17, 15) is 26.4 Å². The van der Waals surface area contributed by atoms with Crippen LogP contribution in [0.1, 0.15) is 56.1 Å². The summed E-state index contributed by atoms with van der Waals surface area (Å²) in [4.78, 5) is 20.2. The van der Waals surface area contributed by atoms with Crippen LogP contribution >= 0.6 is 0 Å². The summed E-state index contributed by atoms with van der Waals surface area (Å²) in [5.74, 6) is -0.185. The van der Waals surface area contributed by atoms with Crippen LogP contribution in [0.3, 0.4) is 0 Å². The average molecular weight is 633 g/mol. The number of hydrogen-bond donors (Lipinski definition) is 1.